The smallest absolute Gasteiger partial charge is 0.335 e. The summed E-state index contributed by atoms with van der Waals surface area (Å²) in [6, 6.07) is 14.6. The number of carboxylic acid groups (broad SMARTS) is 1. The first-order valence-electron chi connectivity index (χ1n) is 8.71. The van der Waals surface area contributed by atoms with Crippen molar-refractivity contribution in [3.05, 3.63) is 95.1 Å². The second kappa shape index (κ2) is 8.60. The molecule has 0 aliphatic heterocycles. The maximum Gasteiger partial charge on any atom is 0.335 e. The molecule has 3 rings (SSSR count). The fourth-order valence-electron chi connectivity index (χ4n) is 2.68. The second-order valence-corrected chi connectivity index (χ2v) is 8.12. The van der Waals surface area contributed by atoms with E-state index in [1.807, 2.05) is 0 Å². The van der Waals surface area contributed by atoms with E-state index in [0.717, 1.165) is 18.2 Å². The van der Waals surface area contributed by atoms with Crippen LogP contribution in [-0.2, 0) is 21.5 Å². The molecule has 0 saturated heterocycles. The number of rotatable bonds is 7. The highest BCUT2D eigenvalue weighted by Gasteiger charge is 2.28. The van der Waals surface area contributed by atoms with Gasteiger partial charge in [0, 0.05) is 0 Å². The second-order valence-electron chi connectivity index (χ2n) is 6.37. The number of carboxylic acids is 1. The molecule has 0 aromatic heterocycles. The molecule has 0 heterocycles. The van der Waals surface area contributed by atoms with E-state index in [-0.39, 0.29) is 28.3 Å². The van der Waals surface area contributed by atoms with E-state index in [9.17, 15) is 27.1 Å². The van der Waals surface area contributed by atoms with Gasteiger partial charge in [0.15, 0.2) is 11.6 Å². The van der Waals surface area contributed by atoms with Gasteiger partial charge in [0.2, 0.25) is 0 Å². The number of carbonyl (C=O) groups is 1. The Bertz CT molecular complexity index is 1180. The van der Waals surface area contributed by atoms with Crippen LogP contribution in [0, 0.1) is 18.6 Å². The van der Waals surface area contributed by atoms with E-state index >= 15 is 0 Å². The predicted octanol–water partition coefficient (Wildman–Crippen LogP) is 4.30. The molecule has 9 heteroatoms. The average molecular weight is 433 g/mol. The minimum atomic E-state index is -4.34. The van der Waals surface area contributed by atoms with E-state index in [4.69, 9.17) is 4.84 Å². The Kier molecular flexibility index (Phi) is 6.14. The molecule has 3 aromatic rings. The first-order chi connectivity index (χ1) is 14.2. The summed E-state index contributed by atoms with van der Waals surface area (Å²) < 4.78 is 53.7. The lowest BCUT2D eigenvalue weighted by molar-refractivity contribution is 0.0695. The molecule has 1 N–H and O–H groups in total. The third-order valence-corrected chi connectivity index (χ3v) is 5.86. The Morgan fingerprint density at radius 2 is 1.70 bits per heavy atom. The average Bonchev–Trinajstić information content (AvgIpc) is 2.71. The molecule has 3 aromatic carbocycles. The highest BCUT2D eigenvalue weighted by molar-refractivity contribution is 7.92. The zero-order chi connectivity index (χ0) is 21.9. The number of halogens is 2. The van der Waals surface area contributed by atoms with E-state index in [0.29, 0.717) is 10.0 Å². The van der Waals surface area contributed by atoms with Gasteiger partial charge in [-0.1, -0.05) is 30.3 Å². The van der Waals surface area contributed by atoms with Gasteiger partial charge in [0.05, 0.1) is 16.1 Å². The standard InChI is InChI=1S/C21H17F2NO5S/c1-14-7-9-17(12-18(14)21(25)26)30(27,28)24(16-5-3-2-4-6-16)29-13-15-8-10-19(22)20(23)11-15/h2-12H,13H2,1H3,(H,25,26). The van der Waals surface area contributed by atoms with Crippen LogP contribution in [0.4, 0.5) is 14.5 Å². The topological polar surface area (TPSA) is 83.9 Å². The normalized spacial score (nSPS) is 11.3. The molecular weight excluding hydrogens is 416 g/mol. The fourth-order valence-corrected chi connectivity index (χ4v) is 3.97. The molecule has 0 radical (unpaired) electrons. The molecular formula is C21H17F2NO5S. The minimum Gasteiger partial charge on any atom is -0.478 e. The van der Waals surface area contributed by atoms with Gasteiger partial charge < -0.3 is 5.11 Å². The third kappa shape index (κ3) is 4.47. The van der Waals surface area contributed by atoms with Gasteiger partial charge >= 0.3 is 5.97 Å². The largest absolute Gasteiger partial charge is 0.478 e. The van der Waals surface area contributed by atoms with Crippen LogP contribution in [0.2, 0.25) is 0 Å². The predicted molar refractivity (Wildman–Crippen MR) is 105 cm³/mol. The molecule has 0 bridgehead atoms. The highest BCUT2D eigenvalue weighted by Crippen LogP contribution is 2.26. The number of nitrogens with zero attached hydrogens (tertiary/aromatic N) is 1. The monoisotopic (exact) mass is 433 g/mol. The van der Waals surface area contributed by atoms with Gasteiger partial charge in [-0.25, -0.2) is 13.6 Å². The number of benzene rings is 3. The Balaban J connectivity index is 2.00. The summed E-state index contributed by atoms with van der Waals surface area (Å²) in [5.74, 6) is -3.39. The van der Waals surface area contributed by atoms with E-state index in [1.165, 1.54) is 30.3 Å². The summed E-state index contributed by atoms with van der Waals surface area (Å²) in [6.45, 7) is 1.18. The molecule has 0 unspecified atom stereocenters. The van der Waals surface area contributed by atoms with Crippen molar-refractivity contribution in [3.63, 3.8) is 0 Å². The maximum absolute atomic E-state index is 13.5. The van der Waals surface area contributed by atoms with Gasteiger partial charge in [-0.15, -0.1) is 4.47 Å². The number of para-hydroxylation sites is 1. The molecule has 0 amide bonds. The van der Waals surface area contributed by atoms with E-state index in [2.05, 4.69) is 0 Å². The molecule has 6 nitrogen and oxygen atoms in total. The number of aromatic carboxylic acids is 1. The SMILES string of the molecule is Cc1ccc(S(=O)(=O)N(OCc2ccc(F)c(F)c2)c2ccccc2)cc1C(=O)O. The van der Waals surface area contributed by atoms with Crippen molar-refractivity contribution in [2.75, 3.05) is 4.47 Å². The molecule has 0 spiro atoms. The number of hydrogen-bond donors (Lipinski definition) is 1. The molecule has 0 aliphatic carbocycles. The number of hydrogen-bond acceptors (Lipinski definition) is 4. The van der Waals surface area contributed by atoms with Crippen molar-refractivity contribution in [2.45, 2.75) is 18.4 Å². The lowest BCUT2D eigenvalue weighted by Gasteiger charge is -2.24. The number of aryl methyl sites for hydroxylation is 1. The molecule has 30 heavy (non-hydrogen) atoms. The van der Waals surface area contributed by atoms with Crippen LogP contribution in [0.3, 0.4) is 0 Å². The van der Waals surface area contributed by atoms with E-state index in [1.54, 1.807) is 25.1 Å². The van der Waals surface area contributed by atoms with Gasteiger partial charge in [-0.2, -0.15) is 8.42 Å². The van der Waals surface area contributed by atoms with Crippen LogP contribution in [0.1, 0.15) is 21.5 Å². The zero-order valence-electron chi connectivity index (χ0n) is 15.7. The quantitative estimate of drug-likeness (QED) is 0.562. The molecule has 0 fully saturated rings. The van der Waals surface area contributed by atoms with E-state index < -0.39 is 27.6 Å². The summed E-state index contributed by atoms with van der Waals surface area (Å²) in [5, 5.41) is 9.31. The molecule has 0 aliphatic rings. The summed E-state index contributed by atoms with van der Waals surface area (Å²) >= 11 is 0. The van der Waals surface area contributed by atoms with Crippen LogP contribution in [0.25, 0.3) is 0 Å². The lowest BCUT2D eigenvalue weighted by atomic mass is 10.1. The van der Waals surface area contributed by atoms with Crippen molar-refractivity contribution >= 4 is 21.7 Å². The van der Waals surface area contributed by atoms with Gasteiger partial charge in [0.25, 0.3) is 10.0 Å². The number of sulfonamides is 1. The summed E-state index contributed by atoms with van der Waals surface area (Å²) in [7, 11) is -4.34. The van der Waals surface area contributed by atoms with Crippen molar-refractivity contribution in [2.24, 2.45) is 0 Å². The van der Waals surface area contributed by atoms with Crippen molar-refractivity contribution in [1.29, 1.82) is 0 Å². The summed E-state index contributed by atoms with van der Waals surface area (Å²) in [5.41, 5.74) is 0.595. The Morgan fingerprint density at radius 1 is 1.00 bits per heavy atom. The van der Waals surface area contributed by atoms with Gasteiger partial charge in [-0.3, -0.25) is 4.84 Å². The van der Waals surface area contributed by atoms with Crippen LogP contribution in [0.5, 0.6) is 0 Å². The van der Waals surface area contributed by atoms with Crippen molar-refractivity contribution < 1.29 is 31.9 Å². The van der Waals surface area contributed by atoms with Crippen LogP contribution in [0.15, 0.2) is 71.6 Å². The first kappa shape index (κ1) is 21.4. The Labute approximate surface area is 172 Å². The minimum absolute atomic E-state index is 0.150. The molecule has 156 valence electrons. The third-order valence-electron chi connectivity index (χ3n) is 4.26. The summed E-state index contributed by atoms with van der Waals surface area (Å²) in [4.78, 5) is 16.6. The first-order valence-corrected chi connectivity index (χ1v) is 10.2. The van der Waals surface area contributed by atoms with Crippen molar-refractivity contribution in [1.82, 2.24) is 0 Å². The van der Waals surface area contributed by atoms with Gasteiger partial charge in [0.1, 0.15) is 6.61 Å². The lowest BCUT2D eigenvalue weighted by Crippen LogP contribution is -2.31. The summed E-state index contributed by atoms with van der Waals surface area (Å²) in [6.07, 6.45) is 0. The highest BCUT2D eigenvalue weighted by atomic mass is 32.2. The molecule has 0 saturated carbocycles. The Morgan fingerprint density at radius 3 is 2.33 bits per heavy atom. The van der Waals surface area contributed by atoms with Gasteiger partial charge in [-0.05, 0) is 54.4 Å². The zero-order valence-corrected chi connectivity index (χ0v) is 16.6. The van der Waals surface area contributed by atoms with Crippen LogP contribution >= 0.6 is 0 Å². The Hall–Kier alpha value is -3.30. The fraction of sp³-hybridized carbons (Fsp3) is 0.0952. The maximum atomic E-state index is 13.5. The number of anilines is 1. The molecule has 0 atom stereocenters. The van der Waals surface area contributed by atoms with Crippen molar-refractivity contribution in [3.8, 4) is 0 Å². The van der Waals surface area contributed by atoms with Crippen LogP contribution in [-0.4, -0.2) is 19.5 Å². The van der Waals surface area contributed by atoms with Crippen LogP contribution < -0.4 is 4.47 Å².